The van der Waals surface area contributed by atoms with Gasteiger partial charge in [-0.1, -0.05) is 32.0 Å². The molecular weight excluding hydrogens is 462 g/mol. The van der Waals surface area contributed by atoms with Crippen molar-refractivity contribution in [2.45, 2.75) is 49.9 Å². The van der Waals surface area contributed by atoms with Crippen molar-refractivity contribution >= 4 is 37.7 Å². The Morgan fingerprint density at radius 1 is 0.939 bits per heavy atom. The third kappa shape index (κ3) is 7.50. The number of hydrogen-bond acceptors (Lipinski definition) is 5. The Morgan fingerprint density at radius 3 is 2.09 bits per heavy atom. The molecule has 180 valence electrons. The number of nitrogens with zero attached hydrogens (tertiary/aromatic N) is 1. The average Bonchev–Trinajstić information content (AvgIpc) is 2.72. The van der Waals surface area contributed by atoms with Crippen molar-refractivity contribution in [2.24, 2.45) is 0 Å². The molecule has 1 amide bonds. The molecular formula is C23H31N3O5S2. The standard InChI is InChI=1S/C23H31N3O5S2/c1-6-26(7-2)33(30,31)20-14-11-18(12-15-20)13-16-22(27)24-19-9-8-10-21(17-19)32(28,29)25-23(3,4)5/h8-17,25H,6-7H2,1-5H3,(H,24,27). The van der Waals surface area contributed by atoms with Crippen LogP contribution in [0.5, 0.6) is 0 Å². The van der Waals surface area contributed by atoms with E-state index in [2.05, 4.69) is 10.0 Å². The minimum atomic E-state index is -3.73. The van der Waals surface area contributed by atoms with Crippen LogP contribution in [0, 0.1) is 0 Å². The number of benzene rings is 2. The molecule has 8 nitrogen and oxygen atoms in total. The summed E-state index contributed by atoms with van der Waals surface area (Å²) >= 11 is 0. The molecule has 0 aliphatic heterocycles. The van der Waals surface area contributed by atoms with E-state index in [-0.39, 0.29) is 9.79 Å². The summed E-state index contributed by atoms with van der Waals surface area (Å²) in [4.78, 5) is 12.5. The summed E-state index contributed by atoms with van der Waals surface area (Å²) in [6.07, 6.45) is 2.84. The van der Waals surface area contributed by atoms with Crippen LogP contribution >= 0.6 is 0 Å². The maximum atomic E-state index is 12.5. The van der Waals surface area contributed by atoms with E-state index in [0.29, 0.717) is 24.3 Å². The Hall–Kier alpha value is -2.53. The van der Waals surface area contributed by atoms with Gasteiger partial charge in [0.15, 0.2) is 0 Å². The Bertz CT molecular complexity index is 1210. The second-order valence-corrected chi connectivity index (χ2v) is 12.0. The van der Waals surface area contributed by atoms with Gasteiger partial charge in [0.2, 0.25) is 26.0 Å². The van der Waals surface area contributed by atoms with Gasteiger partial charge in [0.1, 0.15) is 0 Å². The maximum Gasteiger partial charge on any atom is 0.248 e. The molecule has 0 aliphatic rings. The van der Waals surface area contributed by atoms with Gasteiger partial charge in [-0.3, -0.25) is 4.79 Å². The number of nitrogens with one attached hydrogen (secondary N) is 2. The summed E-state index contributed by atoms with van der Waals surface area (Å²) in [6, 6.07) is 12.2. The molecule has 2 rings (SSSR count). The molecule has 0 aliphatic carbocycles. The smallest absolute Gasteiger partial charge is 0.248 e. The van der Waals surface area contributed by atoms with Crippen LogP contribution in [0.25, 0.3) is 6.08 Å². The topological polar surface area (TPSA) is 113 Å². The zero-order chi connectivity index (χ0) is 24.9. The number of carbonyl (C=O) groups excluding carboxylic acids is 1. The first-order valence-corrected chi connectivity index (χ1v) is 13.4. The summed E-state index contributed by atoms with van der Waals surface area (Å²) in [5.41, 5.74) is 0.345. The lowest BCUT2D eigenvalue weighted by molar-refractivity contribution is -0.111. The van der Waals surface area contributed by atoms with Crippen LogP contribution in [0.3, 0.4) is 0 Å². The molecule has 0 fully saturated rings. The third-order valence-corrected chi connectivity index (χ3v) is 8.32. The van der Waals surface area contributed by atoms with Crippen LogP contribution in [-0.2, 0) is 24.8 Å². The summed E-state index contributed by atoms with van der Waals surface area (Å²) in [7, 11) is -7.27. The van der Waals surface area contributed by atoms with Gasteiger partial charge in [-0.15, -0.1) is 0 Å². The number of sulfonamides is 2. The molecule has 2 N–H and O–H groups in total. The van der Waals surface area contributed by atoms with Crippen molar-refractivity contribution in [1.82, 2.24) is 9.03 Å². The fourth-order valence-electron chi connectivity index (χ4n) is 3.02. The highest BCUT2D eigenvalue weighted by atomic mass is 32.2. The van der Waals surface area contributed by atoms with E-state index in [1.165, 1.54) is 34.6 Å². The summed E-state index contributed by atoms with van der Waals surface area (Å²) in [6.45, 7) is 9.56. The van der Waals surface area contributed by atoms with Crippen molar-refractivity contribution in [3.8, 4) is 0 Å². The zero-order valence-electron chi connectivity index (χ0n) is 19.5. The van der Waals surface area contributed by atoms with Gasteiger partial charge < -0.3 is 5.32 Å². The van der Waals surface area contributed by atoms with Gasteiger partial charge in [0.05, 0.1) is 9.79 Å². The van der Waals surface area contributed by atoms with Crippen molar-refractivity contribution < 1.29 is 21.6 Å². The quantitative estimate of drug-likeness (QED) is 0.520. The van der Waals surface area contributed by atoms with Crippen LogP contribution < -0.4 is 10.0 Å². The molecule has 0 atom stereocenters. The third-order valence-electron chi connectivity index (χ3n) is 4.50. The van der Waals surface area contributed by atoms with Crippen molar-refractivity contribution in [3.63, 3.8) is 0 Å². The summed E-state index contributed by atoms with van der Waals surface area (Å²) in [5.74, 6) is -0.451. The van der Waals surface area contributed by atoms with Crippen LogP contribution in [0.1, 0.15) is 40.2 Å². The minimum absolute atomic E-state index is 0.0456. The second kappa shape index (κ2) is 10.6. The lowest BCUT2D eigenvalue weighted by atomic mass is 10.1. The van der Waals surface area contributed by atoms with Gasteiger partial charge in [-0.2, -0.15) is 4.31 Å². The number of amides is 1. The van der Waals surface area contributed by atoms with Crippen LogP contribution in [-0.4, -0.2) is 45.7 Å². The molecule has 0 bridgehead atoms. The van der Waals surface area contributed by atoms with Gasteiger partial charge in [0, 0.05) is 30.4 Å². The Morgan fingerprint density at radius 2 is 1.55 bits per heavy atom. The van der Waals surface area contributed by atoms with E-state index < -0.39 is 31.5 Å². The van der Waals surface area contributed by atoms with E-state index in [4.69, 9.17) is 0 Å². The molecule has 0 unspecified atom stereocenters. The van der Waals surface area contributed by atoms with Gasteiger partial charge in [-0.25, -0.2) is 21.6 Å². The van der Waals surface area contributed by atoms with Crippen LogP contribution in [0.15, 0.2) is 64.4 Å². The lowest BCUT2D eigenvalue weighted by Crippen LogP contribution is -2.40. The van der Waals surface area contributed by atoms with Crippen molar-refractivity contribution in [1.29, 1.82) is 0 Å². The Labute approximate surface area is 196 Å². The summed E-state index contributed by atoms with van der Waals surface area (Å²) in [5, 5.41) is 2.63. The molecule has 2 aromatic rings. The molecule has 2 aromatic carbocycles. The Kier molecular flexibility index (Phi) is 8.58. The number of carbonyl (C=O) groups is 1. The van der Waals surface area contributed by atoms with Gasteiger partial charge in [-0.05, 0) is 62.7 Å². The van der Waals surface area contributed by atoms with Crippen LogP contribution in [0.4, 0.5) is 5.69 Å². The average molecular weight is 494 g/mol. The molecule has 0 saturated carbocycles. The largest absolute Gasteiger partial charge is 0.322 e. The molecule has 33 heavy (non-hydrogen) atoms. The van der Waals surface area contributed by atoms with E-state index >= 15 is 0 Å². The summed E-state index contributed by atoms with van der Waals surface area (Å²) < 4.78 is 54.0. The van der Waals surface area contributed by atoms with Crippen molar-refractivity contribution in [3.05, 3.63) is 60.2 Å². The highest BCUT2D eigenvalue weighted by molar-refractivity contribution is 7.89. The lowest BCUT2D eigenvalue weighted by Gasteiger charge is -2.20. The molecule has 0 radical (unpaired) electrons. The monoisotopic (exact) mass is 493 g/mol. The Balaban J connectivity index is 2.10. The number of anilines is 1. The highest BCUT2D eigenvalue weighted by Crippen LogP contribution is 2.19. The van der Waals surface area contributed by atoms with Crippen molar-refractivity contribution in [2.75, 3.05) is 18.4 Å². The number of hydrogen-bond donors (Lipinski definition) is 2. The molecule has 0 heterocycles. The molecule has 10 heteroatoms. The first kappa shape index (κ1) is 26.7. The van der Waals surface area contributed by atoms with E-state index in [1.54, 1.807) is 65.0 Å². The van der Waals surface area contributed by atoms with E-state index in [1.807, 2.05) is 0 Å². The fraction of sp³-hybridized carbons (Fsp3) is 0.348. The first-order valence-electron chi connectivity index (χ1n) is 10.5. The van der Waals surface area contributed by atoms with Gasteiger partial charge in [0.25, 0.3) is 0 Å². The second-order valence-electron chi connectivity index (χ2n) is 8.36. The van der Waals surface area contributed by atoms with Gasteiger partial charge >= 0.3 is 0 Å². The first-order chi connectivity index (χ1) is 15.3. The molecule has 0 aromatic heterocycles. The fourth-order valence-corrected chi connectivity index (χ4v) is 5.94. The minimum Gasteiger partial charge on any atom is -0.322 e. The number of rotatable bonds is 9. The van der Waals surface area contributed by atoms with E-state index in [9.17, 15) is 21.6 Å². The predicted octanol–water partition coefficient (Wildman–Crippen LogP) is 3.45. The SMILES string of the molecule is CCN(CC)S(=O)(=O)c1ccc(C=CC(=O)Nc2cccc(S(=O)(=O)NC(C)(C)C)c2)cc1. The zero-order valence-corrected chi connectivity index (χ0v) is 21.1. The van der Waals surface area contributed by atoms with Crippen LogP contribution in [0.2, 0.25) is 0 Å². The molecule has 0 spiro atoms. The molecule has 0 saturated heterocycles. The highest BCUT2D eigenvalue weighted by Gasteiger charge is 2.22. The predicted molar refractivity (Wildman–Crippen MR) is 131 cm³/mol. The van der Waals surface area contributed by atoms with E-state index in [0.717, 1.165) is 0 Å². The maximum absolute atomic E-state index is 12.5. The normalized spacial score (nSPS) is 12.9.